The molecule has 5 nitrogen and oxygen atoms in total. The van der Waals surface area contributed by atoms with Gasteiger partial charge in [-0.3, -0.25) is 0 Å². The van der Waals surface area contributed by atoms with Crippen LogP contribution in [0.3, 0.4) is 0 Å². The van der Waals surface area contributed by atoms with E-state index in [1.807, 2.05) is 38.1 Å². The molecule has 0 amide bonds. The lowest BCUT2D eigenvalue weighted by Gasteiger charge is -2.00. The summed E-state index contributed by atoms with van der Waals surface area (Å²) in [7, 11) is 0. The third-order valence-corrected chi connectivity index (χ3v) is 2.89. The number of hydrogen-bond donors (Lipinski definition) is 1. The molecule has 0 aliphatic rings. The molecule has 5 heteroatoms. The molecule has 0 saturated heterocycles. The Morgan fingerprint density at radius 2 is 2.06 bits per heavy atom. The van der Waals surface area contributed by atoms with E-state index in [9.17, 15) is 0 Å². The molecule has 0 aliphatic heterocycles. The highest BCUT2D eigenvalue weighted by molar-refractivity contribution is 5.74. The molecule has 0 radical (unpaired) electrons. The number of aromatic nitrogens is 2. The number of benzene rings is 1. The number of oxazole rings is 1. The Morgan fingerprint density at radius 3 is 2.78 bits per heavy atom. The number of anilines is 1. The van der Waals surface area contributed by atoms with Gasteiger partial charge < -0.3 is 14.3 Å². The molecule has 0 saturated carbocycles. The normalized spacial score (nSPS) is 11.0. The van der Waals surface area contributed by atoms with Crippen molar-refractivity contribution in [1.29, 1.82) is 0 Å². The maximum Gasteiger partial charge on any atom is 0.295 e. The minimum atomic E-state index is 0.510. The number of aryl methyl sites for hydroxylation is 2. The molecular formula is C13H13N3O2. The molecule has 0 bridgehead atoms. The second kappa shape index (κ2) is 4.18. The SMILES string of the molecule is Cc1noc(C)c1CNc1nc2ccccc2o1. The standard InChI is InChI=1S/C13H13N3O2/c1-8-10(9(2)18-16-8)7-14-13-15-11-5-3-4-6-12(11)17-13/h3-6H,7H2,1-2H3,(H,14,15). The van der Waals surface area contributed by atoms with Gasteiger partial charge in [-0.25, -0.2) is 0 Å². The van der Waals surface area contributed by atoms with E-state index in [0.717, 1.165) is 28.1 Å². The average Bonchev–Trinajstić information content (AvgIpc) is 2.91. The predicted octanol–water partition coefficient (Wildman–Crippen LogP) is 3.04. The summed E-state index contributed by atoms with van der Waals surface area (Å²) in [6.45, 7) is 4.40. The molecule has 0 fully saturated rings. The van der Waals surface area contributed by atoms with Crippen LogP contribution in [0.25, 0.3) is 11.1 Å². The van der Waals surface area contributed by atoms with Crippen molar-refractivity contribution in [3.05, 3.63) is 41.3 Å². The van der Waals surface area contributed by atoms with Gasteiger partial charge in [-0.15, -0.1) is 0 Å². The maximum atomic E-state index is 5.57. The van der Waals surface area contributed by atoms with Crippen molar-refractivity contribution < 1.29 is 8.94 Å². The highest BCUT2D eigenvalue weighted by Gasteiger charge is 2.10. The van der Waals surface area contributed by atoms with Gasteiger partial charge in [-0.1, -0.05) is 17.3 Å². The third-order valence-electron chi connectivity index (χ3n) is 2.89. The van der Waals surface area contributed by atoms with Gasteiger partial charge in [0, 0.05) is 12.1 Å². The summed E-state index contributed by atoms with van der Waals surface area (Å²) in [6, 6.07) is 8.17. The Bertz CT molecular complexity index is 632. The Balaban J connectivity index is 1.81. The van der Waals surface area contributed by atoms with Crippen molar-refractivity contribution >= 4 is 17.1 Å². The fourth-order valence-corrected chi connectivity index (χ4v) is 1.87. The van der Waals surface area contributed by atoms with Crippen LogP contribution < -0.4 is 5.32 Å². The van der Waals surface area contributed by atoms with Crippen LogP contribution in [0.1, 0.15) is 17.0 Å². The van der Waals surface area contributed by atoms with Gasteiger partial charge in [0.15, 0.2) is 5.58 Å². The average molecular weight is 243 g/mol. The zero-order chi connectivity index (χ0) is 12.5. The molecule has 0 aliphatic carbocycles. The molecule has 3 rings (SSSR count). The van der Waals surface area contributed by atoms with Crippen molar-refractivity contribution in [2.45, 2.75) is 20.4 Å². The Hall–Kier alpha value is -2.30. The van der Waals surface area contributed by atoms with Gasteiger partial charge in [0.25, 0.3) is 6.01 Å². The van der Waals surface area contributed by atoms with Gasteiger partial charge in [0.2, 0.25) is 0 Å². The fourth-order valence-electron chi connectivity index (χ4n) is 1.87. The monoisotopic (exact) mass is 243 g/mol. The van der Waals surface area contributed by atoms with Crippen molar-refractivity contribution in [2.24, 2.45) is 0 Å². The van der Waals surface area contributed by atoms with Crippen molar-refractivity contribution in [1.82, 2.24) is 10.1 Å². The van der Waals surface area contributed by atoms with E-state index in [1.54, 1.807) is 0 Å². The molecule has 18 heavy (non-hydrogen) atoms. The van der Waals surface area contributed by atoms with E-state index in [0.29, 0.717) is 12.6 Å². The minimum absolute atomic E-state index is 0.510. The maximum absolute atomic E-state index is 5.57. The first kappa shape index (κ1) is 10.8. The molecular weight excluding hydrogens is 230 g/mol. The zero-order valence-corrected chi connectivity index (χ0v) is 10.2. The number of fused-ring (bicyclic) bond motifs is 1. The molecule has 1 aromatic carbocycles. The first-order valence-electron chi connectivity index (χ1n) is 5.75. The fraction of sp³-hybridized carbons (Fsp3) is 0.231. The molecule has 0 unspecified atom stereocenters. The largest absolute Gasteiger partial charge is 0.424 e. The molecule has 0 spiro atoms. The second-order valence-corrected chi connectivity index (χ2v) is 4.14. The number of nitrogens with one attached hydrogen (secondary N) is 1. The van der Waals surface area contributed by atoms with Crippen LogP contribution in [-0.2, 0) is 6.54 Å². The lowest BCUT2D eigenvalue weighted by atomic mass is 10.2. The highest BCUT2D eigenvalue weighted by atomic mass is 16.5. The first-order valence-corrected chi connectivity index (χ1v) is 5.75. The summed E-state index contributed by atoms with van der Waals surface area (Å²) in [5.41, 5.74) is 3.55. The highest BCUT2D eigenvalue weighted by Crippen LogP contribution is 2.20. The smallest absolute Gasteiger partial charge is 0.295 e. The summed E-state index contributed by atoms with van der Waals surface area (Å²) < 4.78 is 10.7. The number of hydrogen-bond acceptors (Lipinski definition) is 5. The molecule has 2 aromatic heterocycles. The molecule has 0 atom stereocenters. The van der Waals surface area contributed by atoms with E-state index in [1.165, 1.54) is 0 Å². The zero-order valence-electron chi connectivity index (χ0n) is 10.2. The summed E-state index contributed by atoms with van der Waals surface area (Å²) in [4.78, 5) is 4.34. The van der Waals surface area contributed by atoms with E-state index in [4.69, 9.17) is 8.94 Å². The van der Waals surface area contributed by atoms with Gasteiger partial charge >= 0.3 is 0 Å². The Kier molecular flexibility index (Phi) is 2.51. The van der Waals surface area contributed by atoms with E-state index >= 15 is 0 Å². The Labute approximate surface area is 104 Å². The molecule has 3 aromatic rings. The van der Waals surface area contributed by atoms with Gasteiger partial charge in [0.05, 0.1) is 5.69 Å². The van der Waals surface area contributed by atoms with E-state index in [-0.39, 0.29) is 0 Å². The van der Waals surface area contributed by atoms with Crippen LogP contribution >= 0.6 is 0 Å². The van der Waals surface area contributed by atoms with Crippen LogP contribution in [0.2, 0.25) is 0 Å². The van der Waals surface area contributed by atoms with Crippen molar-refractivity contribution in [3.63, 3.8) is 0 Å². The predicted molar refractivity (Wildman–Crippen MR) is 67.3 cm³/mol. The molecule has 2 heterocycles. The topological polar surface area (TPSA) is 64.1 Å². The first-order chi connectivity index (χ1) is 8.74. The Morgan fingerprint density at radius 1 is 1.22 bits per heavy atom. The van der Waals surface area contributed by atoms with Crippen LogP contribution in [0.15, 0.2) is 33.2 Å². The quantitative estimate of drug-likeness (QED) is 0.766. The van der Waals surface area contributed by atoms with Gasteiger partial charge in [-0.2, -0.15) is 4.98 Å². The third kappa shape index (κ3) is 1.84. The summed E-state index contributed by atoms with van der Waals surface area (Å²) in [5, 5.41) is 7.05. The number of para-hydroxylation sites is 2. The summed E-state index contributed by atoms with van der Waals surface area (Å²) in [6.07, 6.45) is 0. The number of nitrogens with zero attached hydrogens (tertiary/aromatic N) is 2. The van der Waals surface area contributed by atoms with Gasteiger partial charge in [-0.05, 0) is 26.0 Å². The molecule has 1 N–H and O–H groups in total. The van der Waals surface area contributed by atoms with Crippen LogP contribution in [0.5, 0.6) is 0 Å². The lowest BCUT2D eigenvalue weighted by Crippen LogP contribution is -2.01. The summed E-state index contributed by atoms with van der Waals surface area (Å²) >= 11 is 0. The lowest BCUT2D eigenvalue weighted by molar-refractivity contribution is 0.392. The van der Waals surface area contributed by atoms with E-state index < -0.39 is 0 Å². The van der Waals surface area contributed by atoms with Crippen molar-refractivity contribution in [3.8, 4) is 0 Å². The van der Waals surface area contributed by atoms with E-state index in [2.05, 4.69) is 15.5 Å². The number of rotatable bonds is 3. The van der Waals surface area contributed by atoms with Crippen molar-refractivity contribution in [2.75, 3.05) is 5.32 Å². The minimum Gasteiger partial charge on any atom is -0.424 e. The molecule has 92 valence electrons. The van der Waals surface area contributed by atoms with Crippen LogP contribution in [0, 0.1) is 13.8 Å². The van der Waals surface area contributed by atoms with Crippen LogP contribution in [-0.4, -0.2) is 10.1 Å². The van der Waals surface area contributed by atoms with Crippen LogP contribution in [0.4, 0.5) is 6.01 Å². The van der Waals surface area contributed by atoms with Gasteiger partial charge in [0.1, 0.15) is 11.3 Å². The second-order valence-electron chi connectivity index (χ2n) is 4.14. The summed E-state index contributed by atoms with van der Waals surface area (Å²) in [5.74, 6) is 0.816.